The zero-order valence-corrected chi connectivity index (χ0v) is 16.9. The molecule has 0 unspecified atom stereocenters. The molecule has 2 heterocycles. The van der Waals surface area contributed by atoms with E-state index in [0.29, 0.717) is 23.1 Å². The number of hydrogen-bond donors (Lipinski definition) is 0. The minimum Gasteiger partial charge on any atom is -0.484 e. The van der Waals surface area contributed by atoms with Crippen LogP contribution < -0.4 is 4.74 Å². The van der Waals surface area contributed by atoms with Crippen molar-refractivity contribution in [1.82, 2.24) is 4.90 Å². The summed E-state index contributed by atoms with van der Waals surface area (Å²) in [6.45, 7) is 0. The minimum atomic E-state index is -0.0141. The van der Waals surface area contributed by atoms with Crippen molar-refractivity contribution in [2.75, 3.05) is 0 Å². The van der Waals surface area contributed by atoms with Gasteiger partial charge in [0.2, 0.25) is 0 Å². The molecule has 2 atom stereocenters. The molecule has 5 rings (SSSR count). The number of ether oxygens (including phenoxy) is 1. The van der Waals surface area contributed by atoms with Gasteiger partial charge in [-0.15, -0.1) is 0 Å². The summed E-state index contributed by atoms with van der Waals surface area (Å²) < 4.78 is 6.58. The monoisotopic (exact) mass is 401 g/mol. The van der Waals surface area contributed by atoms with Gasteiger partial charge in [0.05, 0.1) is 6.04 Å². The Hall–Kier alpha value is -1.22. The molecule has 4 heteroatoms. The van der Waals surface area contributed by atoms with Crippen molar-refractivity contribution in [3.8, 4) is 5.75 Å². The van der Waals surface area contributed by atoms with Crippen molar-refractivity contribution in [2.45, 2.75) is 69.2 Å². The number of hydrogen-bond acceptors (Lipinski definition) is 2. The Labute approximate surface area is 171 Å². The first-order chi connectivity index (χ1) is 13.2. The third kappa shape index (κ3) is 3.26. The number of fused-ring (bicyclic) bond motifs is 3. The standard InChI is InChI=1S/C23H25Cl2NO/c24-15-12-20-19(21(25)13-15)14-22(23(20)27-18-10-2-1-3-11-18)26-16-6-4-7-17(26)9-5-8-16/h1-3,10-13,16-17,22-23H,4-9,14H2/t16?,17?,22-,23-/m0/s1. The Bertz CT molecular complexity index is 803. The third-order valence-corrected chi connectivity index (χ3v) is 7.20. The van der Waals surface area contributed by atoms with Gasteiger partial charge in [0.15, 0.2) is 0 Å². The second-order valence-corrected chi connectivity index (χ2v) is 9.04. The lowest BCUT2D eigenvalue weighted by Crippen LogP contribution is -2.56. The maximum atomic E-state index is 6.61. The number of piperidine rings is 2. The molecule has 0 spiro atoms. The van der Waals surface area contributed by atoms with E-state index in [4.69, 9.17) is 27.9 Å². The van der Waals surface area contributed by atoms with E-state index in [9.17, 15) is 0 Å². The van der Waals surface area contributed by atoms with Gasteiger partial charge >= 0.3 is 0 Å². The molecule has 2 aromatic rings. The second kappa shape index (κ2) is 7.31. The van der Waals surface area contributed by atoms with Crippen LogP contribution in [0.5, 0.6) is 5.75 Å². The number of benzene rings is 2. The SMILES string of the molecule is Clc1cc(Cl)c2c(c1)[C@H](Oc1ccccc1)[C@@H](N1C3CCCC1CCC3)C2. The van der Waals surface area contributed by atoms with E-state index in [0.717, 1.165) is 17.2 Å². The van der Waals surface area contributed by atoms with Crippen LogP contribution >= 0.6 is 23.2 Å². The molecule has 2 fully saturated rings. The van der Waals surface area contributed by atoms with Crippen LogP contribution in [0, 0.1) is 0 Å². The predicted octanol–water partition coefficient (Wildman–Crippen LogP) is 6.45. The number of nitrogens with zero attached hydrogens (tertiary/aromatic N) is 1. The maximum Gasteiger partial charge on any atom is 0.140 e. The van der Waals surface area contributed by atoms with Crippen molar-refractivity contribution in [2.24, 2.45) is 0 Å². The molecule has 2 aromatic carbocycles. The molecular weight excluding hydrogens is 377 g/mol. The maximum absolute atomic E-state index is 6.61. The fraction of sp³-hybridized carbons (Fsp3) is 0.478. The van der Waals surface area contributed by atoms with E-state index < -0.39 is 0 Å². The van der Waals surface area contributed by atoms with Crippen LogP contribution in [-0.2, 0) is 6.42 Å². The molecule has 0 aromatic heterocycles. The fourth-order valence-electron chi connectivity index (χ4n) is 5.57. The first-order valence-electron chi connectivity index (χ1n) is 10.2. The van der Waals surface area contributed by atoms with E-state index in [1.165, 1.54) is 49.7 Å². The zero-order valence-electron chi connectivity index (χ0n) is 15.4. The van der Waals surface area contributed by atoms with E-state index in [-0.39, 0.29) is 6.10 Å². The highest BCUT2D eigenvalue weighted by atomic mass is 35.5. The highest BCUT2D eigenvalue weighted by molar-refractivity contribution is 6.35. The first kappa shape index (κ1) is 17.8. The summed E-state index contributed by atoms with van der Waals surface area (Å²) in [6.07, 6.45) is 8.93. The van der Waals surface area contributed by atoms with E-state index in [1.807, 2.05) is 36.4 Å². The van der Waals surface area contributed by atoms with Gasteiger partial charge in [-0.25, -0.2) is 0 Å². The Morgan fingerprint density at radius 3 is 2.22 bits per heavy atom. The lowest BCUT2D eigenvalue weighted by molar-refractivity contribution is -0.0348. The van der Waals surface area contributed by atoms with Crippen molar-refractivity contribution < 1.29 is 4.74 Å². The molecule has 0 N–H and O–H groups in total. The zero-order chi connectivity index (χ0) is 18.4. The van der Waals surface area contributed by atoms with Crippen LogP contribution in [0.1, 0.15) is 55.8 Å². The third-order valence-electron chi connectivity index (χ3n) is 6.65. The van der Waals surface area contributed by atoms with Gasteiger partial charge in [0.1, 0.15) is 11.9 Å². The Kier molecular flexibility index (Phi) is 4.83. The van der Waals surface area contributed by atoms with Gasteiger partial charge in [-0.1, -0.05) is 54.2 Å². The normalized spacial score (nSPS) is 30.1. The number of halogens is 2. The van der Waals surface area contributed by atoms with Crippen LogP contribution in [0.15, 0.2) is 42.5 Å². The number of para-hydroxylation sites is 1. The summed E-state index contributed by atoms with van der Waals surface area (Å²) in [4.78, 5) is 2.80. The van der Waals surface area contributed by atoms with Gasteiger partial charge in [0, 0.05) is 27.7 Å². The first-order valence-corrected chi connectivity index (χ1v) is 10.9. The summed E-state index contributed by atoms with van der Waals surface area (Å²) >= 11 is 13.0. The molecule has 2 aliphatic heterocycles. The summed E-state index contributed by atoms with van der Waals surface area (Å²) in [5, 5.41) is 1.48. The molecule has 2 bridgehead atoms. The average Bonchev–Trinajstić information content (AvgIpc) is 3.00. The van der Waals surface area contributed by atoms with Crippen LogP contribution in [-0.4, -0.2) is 23.0 Å². The van der Waals surface area contributed by atoms with Crippen LogP contribution in [0.25, 0.3) is 0 Å². The quantitative estimate of drug-likeness (QED) is 0.585. The minimum absolute atomic E-state index is 0.0141. The second-order valence-electron chi connectivity index (χ2n) is 8.20. The molecule has 2 saturated heterocycles. The fourth-order valence-corrected chi connectivity index (χ4v) is 6.15. The van der Waals surface area contributed by atoms with Gasteiger partial charge in [-0.3, -0.25) is 4.90 Å². The molecule has 3 aliphatic rings. The van der Waals surface area contributed by atoms with Crippen LogP contribution in [0.4, 0.5) is 0 Å². The Balaban J connectivity index is 1.54. The highest BCUT2D eigenvalue weighted by Crippen LogP contribution is 2.47. The van der Waals surface area contributed by atoms with Crippen molar-refractivity contribution in [3.63, 3.8) is 0 Å². The lowest BCUT2D eigenvalue weighted by atomic mass is 9.82. The van der Waals surface area contributed by atoms with Crippen molar-refractivity contribution >= 4 is 23.2 Å². The topological polar surface area (TPSA) is 12.5 Å². The summed E-state index contributed by atoms with van der Waals surface area (Å²) in [6, 6.07) is 15.8. The van der Waals surface area contributed by atoms with Gasteiger partial charge in [0.25, 0.3) is 0 Å². The predicted molar refractivity (Wildman–Crippen MR) is 111 cm³/mol. The van der Waals surface area contributed by atoms with Crippen molar-refractivity contribution in [1.29, 1.82) is 0 Å². The molecular formula is C23H25Cl2NO. The highest BCUT2D eigenvalue weighted by Gasteiger charge is 2.46. The molecule has 0 radical (unpaired) electrons. The largest absolute Gasteiger partial charge is 0.484 e. The lowest BCUT2D eigenvalue weighted by Gasteiger charge is -2.50. The summed E-state index contributed by atoms with van der Waals surface area (Å²) in [7, 11) is 0. The summed E-state index contributed by atoms with van der Waals surface area (Å²) in [5.74, 6) is 0.915. The Morgan fingerprint density at radius 2 is 1.56 bits per heavy atom. The van der Waals surface area contributed by atoms with E-state index >= 15 is 0 Å². The van der Waals surface area contributed by atoms with Gasteiger partial charge in [-0.05, 0) is 61.9 Å². The number of rotatable bonds is 3. The molecule has 142 valence electrons. The molecule has 0 amide bonds. The van der Waals surface area contributed by atoms with E-state index in [2.05, 4.69) is 11.0 Å². The van der Waals surface area contributed by atoms with Crippen LogP contribution in [0.2, 0.25) is 10.0 Å². The molecule has 2 nitrogen and oxygen atoms in total. The van der Waals surface area contributed by atoms with Crippen LogP contribution in [0.3, 0.4) is 0 Å². The van der Waals surface area contributed by atoms with Crippen molar-refractivity contribution in [3.05, 3.63) is 63.6 Å². The average molecular weight is 402 g/mol. The van der Waals surface area contributed by atoms with E-state index in [1.54, 1.807) is 0 Å². The summed E-state index contributed by atoms with van der Waals surface area (Å²) in [5.41, 5.74) is 2.39. The molecule has 27 heavy (non-hydrogen) atoms. The van der Waals surface area contributed by atoms with Gasteiger partial charge < -0.3 is 4.74 Å². The Morgan fingerprint density at radius 1 is 0.889 bits per heavy atom. The van der Waals surface area contributed by atoms with Gasteiger partial charge in [-0.2, -0.15) is 0 Å². The molecule has 0 saturated carbocycles. The molecule has 1 aliphatic carbocycles. The smallest absolute Gasteiger partial charge is 0.140 e.